The lowest BCUT2D eigenvalue weighted by Gasteiger charge is -2.39. The number of benzene rings is 2. The standard InChI is InChI=1S/C41H52N6O9/c1-24-9-6-11-27(17-24)19-30(43-35(49)20-28-12-7-10-25(2)18-28)36(50)44-31-23-56-41(55)33-14-8-16-46(33)38(52)26(3)42-37(51)32-13-4-5-15-45(32)40(54)34-21-29(48)22-47(34)39(31)53/h6-7,9-12,17-18,26,29-34,48H,4-5,8,13-16,19-23H2,1-3H3,(H,42,51)(H,43,49)(H,44,50)/t26-,29+,30-,31-,32-,33-,34-/m0/s1. The van der Waals surface area contributed by atoms with E-state index in [1.54, 1.807) is 0 Å². The minimum Gasteiger partial charge on any atom is -0.461 e. The first-order valence-corrected chi connectivity index (χ1v) is 19.6. The molecule has 0 aromatic heterocycles. The van der Waals surface area contributed by atoms with Gasteiger partial charge in [0.1, 0.15) is 42.9 Å². The number of hydrogen-bond acceptors (Lipinski definition) is 9. The zero-order valence-corrected chi connectivity index (χ0v) is 32.2. The number of piperidine rings is 1. The van der Waals surface area contributed by atoms with Gasteiger partial charge < -0.3 is 40.5 Å². The molecule has 2 aromatic carbocycles. The lowest BCUT2D eigenvalue weighted by Crippen LogP contribution is -2.62. The van der Waals surface area contributed by atoms with Crippen LogP contribution in [0, 0.1) is 13.8 Å². The first-order valence-electron chi connectivity index (χ1n) is 19.6. The molecule has 0 unspecified atom stereocenters. The van der Waals surface area contributed by atoms with Gasteiger partial charge in [0, 0.05) is 32.5 Å². The molecule has 6 amide bonds. The van der Waals surface area contributed by atoms with Gasteiger partial charge in [-0.1, -0.05) is 59.7 Å². The Balaban J connectivity index is 1.31. The second-order valence-corrected chi connectivity index (χ2v) is 15.5. The fourth-order valence-corrected chi connectivity index (χ4v) is 8.29. The molecular formula is C41H52N6O9. The molecule has 300 valence electrons. The van der Waals surface area contributed by atoms with E-state index in [1.807, 2.05) is 62.4 Å². The molecule has 4 N–H and O–H groups in total. The molecule has 15 heteroatoms. The Morgan fingerprint density at radius 1 is 0.839 bits per heavy atom. The number of esters is 1. The summed E-state index contributed by atoms with van der Waals surface area (Å²) in [5, 5.41) is 19.1. The van der Waals surface area contributed by atoms with Gasteiger partial charge in [0.2, 0.25) is 35.4 Å². The molecule has 2 aromatic rings. The van der Waals surface area contributed by atoms with E-state index >= 15 is 0 Å². The fourth-order valence-electron chi connectivity index (χ4n) is 8.29. The number of nitrogens with zero attached hydrogens (tertiary/aromatic N) is 3. The van der Waals surface area contributed by atoms with Crippen molar-refractivity contribution in [2.24, 2.45) is 0 Å². The predicted molar refractivity (Wildman–Crippen MR) is 202 cm³/mol. The summed E-state index contributed by atoms with van der Waals surface area (Å²) in [5.74, 6) is -4.26. The zero-order chi connectivity index (χ0) is 40.1. The van der Waals surface area contributed by atoms with Gasteiger partial charge in [-0.05, 0) is 64.0 Å². The van der Waals surface area contributed by atoms with Crippen LogP contribution < -0.4 is 16.0 Å². The monoisotopic (exact) mass is 772 g/mol. The summed E-state index contributed by atoms with van der Waals surface area (Å²) in [7, 11) is 0. The van der Waals surface area contributed by atoms with Crippen LogP contribution in [0.3, 0.4) is 0 Å². The highest BCUT2D eigenvalue weighted by atomic mass is 16.5. The van der Waals surface area contributed by atoms with Gasteiger partial charge >= 0.3 is 5.97 Å². The van der Waals surface area contributed by atoms with Crippen LogP contribution in [-0.4, -0.2) is 130 Å². The molecule has 4 heterocycles. The van der Waals surface area contributed by atoms with E-state index < -0.39 is 90.4 Å². The number of cyclic esters (lactones) is 1. The minimum atomic E-state index is -1.53. The molecule has 7 atom stereocenters. The van der Waals surface area contributed by atoms with E-state index in [0.717, 1.165) is 22.3 Å². The molecule has 6 rings (SSSR count). The number of ether oxygens (including phenoxy) is 1. The van der Waals surface area contributed by atoms with E-state index in [4.69, 9.17) is 4.74 Å². The molecule has 0 spiro atoms. The summed E-state index contributed by atoms with van der Waals surface area (Å²) in [6, 6.07) is 8.16. The summed E-state index contributed by atoms with van der Waals surface area (Å²) in [4.78, 5) is 101. The van der Waals surface area contributed by atoms with E-state index in [-0.39, 0.29) is 38.9 Å². The Kier molecular flexibility index (Phi) is 12.7. The molecule has 4 aliphatic rings. The minimum absolute atomic E-state index is 0.000546. The normalized spacial score (nSPS) is 26.8. The van der Waals surface area contributed by atoms with Crippen LogP contribution in [0.4, 0.5) is 0 Å². The summed E-state index contributed by atoms with van der Waals surface area (Å²) in [5.41, 5.74) is 3.42. The number of nitrogens with one attached hydrogen (secondary N) is 3. The molecule has 0 saturated carbocycles. The van der Waals surface area contributed by atoms with Crippen LogP contribution in [0.1, 0.15) is 67.7 Å². The van der Waals surface area contributed by atoms with Crippen LogP contribution in [0.15, 0.2) is 48.5 Å². The van der Waals surface area contributed by atoms with E-state index in [2.05, 4.69) is 16.0 Å². The number of carbonyl (C=O) groups is 7. The number of aryl methyl sites for hydroxylation is 2. The Bertz CT molecular complexity index is 1850. The van der Waals surface area contributed by atoms with Crippen molar-refractivity contribution in [2.75, 3.05) is 26.2 Å². The second-order valence-electron chi connectivity index (χ2n) is 15.5. The van der Waals surface area contributed by atoms with Crippen LogP contribution in [0.5, 0.6) is 0 Å². The Labute approximate surface area is 326 Å². The van der Waals surface area contributed by atoms with Gasteiger partial charge in [-0.15, -0.1) is 0 Å². The van der Waals surface area contributed by atoms with Crippen molar-refractivity contribution < 1.29 is 43.4 Å². The molecule has 0 aliphatic carbocycles. The lowest BCUT2D eigenvalue weighted by molar-refractivity contribution is -0.158. The van der Waals surface area contributed by atoms with Gasteiger partial charge in [0.15, 0.2) is 0 Å². The number of carbonyl (C=O) groups excluding carboxylic acids is 7. The summed E-state index contributed by atoms with van der Waals surface area (Å²) >= 11 is 0. The number of aliphatic hydroxyl groups excluding tert-OH is 1. The van der Waals surface area contributed by atoms with Crippen molar-refractivity contribution in [1.82, 2.24) is 30.7 Å². The SMILES string of the molecule is Cc1cccc(CC(=O)N[C@@H](Cc2cccc(C)c2)C(=O)N[C@H]2COC(=O)[C@@H]3CCCN3C(=O)[C@H](C)NC(=O)[C@@H]3CCCCN3C(=O)[C@@H]3C[C@@H](O)CN3C2=O)c1. The molecule has 4 aliphatic heterocycles. The van der Waals surface area contributed by atoms with Gasteiger partial charge in [0.05, 0.1) is 12.5 Å². The Morgan fingerprint density at radius 3 is 2.23 bits per heavy atom. The quantitative estimate of drug-likeness (QED) is 0.289. The van der Waals surface area contributed by atoms with Gasteiger partial charge in [0.25, 0.3) is 0 Å². The lowest BCUT2D eigenvalue weighted by atomic mass is 9.99. The number of rotatable bonds is 7. The average Bonchev–Trinajstić information content (AvgIpc) is 3.82. The summed E-state index contributed by atoms with van der Waals surface area (Å²) in [6.07, 6.45) is 1.33. The van der Waals surface area contributed by atoms with Gasteiger partial charge in [-0.2, -0.15) is 0 Å². The summed E-state index contributed by atoms with van der Waals surface area (Å²) in [6.45, 7) is 4.97. The highest BCUT2D eigenvalue weighted by molar-refractivity contribution is 5.98. The number of fused-ring (bicyclic) bond motifs is 3. The molecule has 0 radical (unpaired) electrons. The topological polar surface area (TPSA) is 195 Å². The summed E-state index contributed by atoms with van der Waals surface area (Å²) < 4.78 is 5.69. The van der Waals surface area contributed by atoms with Gasteiger partial charge in [-0.25, -0.2) is 4.79 Å². The third-order valence-corrected chi connectivity index (χ3v) is 11.1. The van der Waals surface area contributed by atoms with Crippen molar-refractivity contribution in [2.45, 2.75) is 114 Å². The third-order valence-electron chi connectivity index (χ3n) is 11.1. The van der Waals surface area contributed by atoms with Crippen molar-refractivity contribution in [1.29, 1.82) is 0 Å². The molecule has 56 heavy (non-hydrogen) atoms. The fraction of sp³-hybridized carbons (Fsp3) is 0.537. The molecule has 4 fully saturated rings. The maximum atomic E-state index is 14.5. The third kappa shape index (κ3) is 9.37. The Morgan fingerprint density at radius 2 is 1.50 bits per heavy atom. The molecule has 0 bridgehead atoms. The van der Waals surface area contributed by atoms with Crippen LogP contribution in [0.25, 0.3) is 0 Å². The van der Waals surface area contributed by atoms with Crippen molar-refractivity contribution in [3.63, 3.8) is 0 Å². The van der Waals surface area contributed by atoms with E-state index in [1.165, 1.54) is 21.6 Å². The number of amides is 6. The van der Waals surface area contributed by atoms with Crippen molar-refractivity contribution in [3.8, 4) is 0 Å². The molecule has 15 nitrogen and oxygen atoms in total. The second kappa shape index (κ2) is 17.7. The maximum absolute atomic E-state index is 14.5. The Hall–Kier alpha value is -5.31. The van der Waals surface area contributed by atoms with E-state index in [9.17, 15) is 38.7 Å². The van der Waals surface area contributed by atoms with Crippen LogP contribution in [-0.2, 0) is 51.1 Å². The highest BCUT2D eigenvalue weighted by Crippen LogP contribution is 2.27. The largest absolute Gasteiger partial charge is 0.461 e. The first-order chi connectivity index (χ1) is 26.8. The first kappa shape index (κ1) is 40.4. The van der Waals surface area contributed by atoms with Crippen LogP contribution in [0.2, 0.25) is 0 Å². The predicted octanol–water partition coefficient (Wildman–Crippen LogP) is 0.454. The van der Waals surface area contributed by atoms with Gasteiger partial charge in [-0.3, -0.25) is 28.8 Å². The van der Waals surface area contributed by atoms with E-state index in [0.29, 0.717) is 32.1 Å². The maximum Gasteiger partial charge on any atom is 0.328 e. The van der Waals surface area contributed by atoms with Crippen LogP contribution >= 0.6 is 0 Å². The average molecular weight is 773 g/mol. The highest BCUT2D eigenvalue weighted by Gasteiger charge is 2.47. The smallest absolute Gasteiger partial charge is 0.328 e. The van der Waals surface area contributed by atoms with Crippen molar-refractivity contribution >= 4 is 41.4 Å². The zero-order valence-electron chi connectivity index (χ0n) is 32.2. The molecular weight excluding hydrogens is 720 g/mol. The van der Waals surface area contributed by atoms with Crippen molar-refractivity contribution in [3.05, 3.63) is 70.8 Å². The number of aliphatic hydroxyl groups is 1. The molecule has 4 saturated heterocycles. The number of hydrogen-bond donors (Lipinski definition) is 4.